The average Bonchev–Trinajstić information content (AvgIpc) is 2.83. The lowest BCUT2D eigenvalue weighted by molar-refractivity contribution is 0.0367. The van der Waals surface area contributed by atoms with E-state index in [1.807, 2.05) is 12.1 Å². The van der Waals surface area contributed by atoms with Crippen molar-refractivity contribution in [3.8, 4) is 11.5 Å². The van der Waals surface area contributed by atoms with Gasteiger partial charge in [0.1, 0.15) is 0 Å². The summed E-state index contributed by atoms with van der Waals surface area (Å²) in [6.07, 6.45) is 1.93. The van der Waals surface area contributed by atoms with Crippen LogP contribution in [-0.2, 0) is 11.3 Å². The molecule has 1 fully saturated rings. The Labute approximate surface area is 201 Å². The van der Waals surface area contributed by atoms with Crippen LogP contribution >= 0.6 is 12.2 Å². The van der Waals surface area contributed by atoms with Gasteiger partial charge in [0.2, 0.25) is 0 Å². The van der Waals surface area contributed by atoms with E-state index >= 15 is 0 Å². The molecule has 2 aromatic rings. The number of fused-ring (bicyclic) bond motifs is 1. The summed E-state index contributed by atoms with van der Waals surface area (Å²) in [5.41, 5.74) is 1.24. The third-order valence-corrected chi connectivity index (χ3v) is 6.44. The summed E-state index contributed by atoms with van der Waals surface area (Å²) in [6, 6.07) is 5.85. The molecular weight excluding hydrogens is 440 g/mol. The molecule has 3 rings (SSSR count). The van der Waals surface area contributed by atoms with Gasteiger partial charge in [0, 0.05) is 49.2 Å². The molecular formula is C24H36N4O4S. The van der Waals surface area contributed by atoms with Crippen LogP contribution in [0.25, 0.3) is 10.9 Å². The minimum atomic E-state index is -0.126. The van der Waals surface area contributed by atoms with Gasteiger partial charge in [-0.1, -0.05) is 6.92 Å². The predicted octanol–water partition coefficient (Wildman–Crippen LogP) is 2.74. The Morgan fingerprint density at radius 3 is 2.61 bits per heavy atom. The highest BCUT2D eigenvalue weighted by Crippen LogP contribution is 2.31. The first-order chi connectivity index (χ1) is 15.9. The van der Waals surface area contributed by atoms with Gasteiger partial charge in [0.05, 0.1) is 39.5 Å². The molecule has 1 saturated heterocycles. The predicted molar refractivity (Wildman–Crippen MR) is 135 cm³/mol. The van der Waals surface area contributed by atoms with Gasteiger partial charge < -0.3 is 29.4 Å². The maximum atomic E-state index is 12.9. The van der Waals surface area contributed by atoms with E-state index in [0.717, 1.165) is 57.6 Å². The van der Waals surface area contributed by atoms with Crippen molar-refractivity contribution < 1.29 is 14.2 Å². The van der Waals surface area contributed by atoms with Crippen molar-refractivity contribution in [2.45, 2.75) is 39.3 Å². The second-order valence-corrected chi connectivity index (χ2v) is 8.79. The number of rotatable bonds is 10. The molecule has 1 unspecified atom stereocenters. The van der Waals surface area contributed by atoms with Crippen molar-refractivity contribution in [2.24, 2.45) is 0 Å². The number of aromatic amines is 1. The fraction of sp³-hybridized carbons (Fsp3) is 0.583. The maximum Gasteiger partial charge on any atom is 0.253 e. The minimum Gasteiger partial charge on any atom is -0.493 e. The third kappa shape index (κ3) is 6.82. The first-order valence-electron chi connectivity index (χ1n) is 11.6. The van der Waals surface area contributed by atoms with Crippen LogP contribution < -0.4 is 20.3 Å². The van der Waals surface area contributed by atoms with E-state index in [-0.39, 0.29) is 11.6 Å². The Hall–Kier alpha value is -2.36. The Morgan fingerprint density at radius 2 is 1.94 bits per heavy atom. The summed E-state index contributed by atoms with van der Waals surface area (Å²) >= 11 is 5.73. The number of methoxy groups -OCH3 is 2. The number of nitrogens with zero attached hydrogens (tertiary/aromatic N) is 2. The molecule has 2 heterocycles. The molecule has 2 N–H and O–H groups in total. The molecule has 9 heteroatoms. The second kappa shape index (κ2) is 12.2. The number of pyridine rings is 1. The molecule has 0 aliphatic carbocycles. The molecule has 1 aromatic heterocycles. The van der Waals surface area contributed by atoms with Crippen molar-refractivity contribution in [1.29, 1.82) is 0 Å². The number of benzene rings is 1. The van der Waals surface area contributed by atoms with Gasteiger partial charge in [-0.15, -0.1) is 0 Å². The molecule has 0 saturated carbocycles. The highest BCUT2D eigenvalue weighted by molar-refractivity contribution is 7.80. The molecule has 1 aromatic carbocycles. The summed E-state index contributed by atoms with van der Waals surface area (Å²) in [7, 11) is 3.18. The number of thiocarbonyl (C=S) groups is 1. The summed E-state index contributed by atoms with van der Waals surface area (Å²) < 4.78 is 16.2. The quantitative estimate of drug-likeness (QED) is 0.507. The molecule has 1 atom stereocenters. The first kappa shape index (κ1) is 25.3. The Morgan fingerprint density at radius 1 is 1.24 bits per heavy atom. The first-order valence-corrected chi connectivity index (χ1v) is 12.0. The van der Waals surface area contributed by atoms with Gasteiger partial charge in [0.15, 0.2) is 16.6 Å². The van der Waals surface area contributed by atoms with Crippen LogP contribution in [0.15, 0.2) is 23.0 Å². The van der Waals surface area contributed by atoms with E-state index in [9.17, 15) is 4.79 Å². The molecule has 1 aliphatic rings. The standard InChI is InChI=1S/C24H36N4O4S/c1-5-17(2)25-24(33)28(8-6-7-27-9-11-32-12-10-27)16-19-13-18-14-21(30-3)22(31-4)15-20(18)26-23(19)29/h13-15,17H,5-12,16H2,1-4H3,(H,25,33)(H,26,29). The van der Waals surface area contributed by atoms with E-state index in [1.165, 1.54) is 0 Å². The molecule has 0 bridgehead atoms. The zero-order chi connectivity index (χ0) is 23.8. The Balaban J connectivity index is 1.79. The van der Waals surface area contributed by atoms with Gasteiger partial charge in [-0.2, -0.15) is 0 Å². The summed E-state index contributed by atoms with van der Waals surface area (Å²) in [5, 5.41) is 4.97. The smallest absolute Gasteiger partial charge is 0.253 e. The van der Waals surface area contributed by atoms with Gasteiger partial charge in [-0.3, -0.25) is 9.69 Å². The van der Waals surface area contributed by atoms with Crippen LogP contribution in [0.1, 0.15) is 32.3 Å². The normalized spacial score (nSPS) is 15.3. The lowest BCUT2D eigenvalue weighted by Gasteiger charge is -2.30. The highest BCUT2D eigenvalue weighted by atomic mass is 32.1. The summed E-state index contributed by atoms with van der Waals surface area (Å²) in [4.78, 5) is 20.4. The number of aromatic nitrogens is 1. The van der Waals surface area contributed by atoms with Gasteiger partial charge >= 0.3 is 0 Å². The lowest BCUT2D eigenvalue weighted by Crippen LogP contribution is -2.45. The molecule has 33 heavy (non-hydrogen) atoms. The van der Waals surface area contributed by atoms with E-state index in [2.05, 4.69) is 33.9 Å². The Bertz CT molecular complexity index is 990. The van der Waals surface area contributed by atoms with Crippen molar-refractivity contribution in [1.82, 2.24) is 20.1 Å². The molecule has 0 radical (unpaired) electrons. The molecule has 0 amide bonds. The van der Waals surface area contributed by atoms with Crippen LogP contribution in [-0.4, -0.2) is 79.6 Å². The summed E-state index contributed by atoms with van der Waals surface area (Å²) in [6.45, 7) is 9.93. The molecule has 8 nitrogen and oxygen atoms in total. The molecule has 182 valence electrons. The van der Waals surface area contributed by atoms with Crippen molar-refractivity contribution >= 4 is 28.2 Å². The molecule has 0 spiro atoms. The van der Waals surface area contributed by atoms with Crippen LogP contribution in [0.5, 0.6) is 11.5 Å². The van der Waals surface area contributed by atoms with Crippen molar-refractivity contribution in [3.63, 3.8) is 0 Å². The van der Waals surface area contributed by atoms with Gasteiger partial charge in [-0.05, 0) is 44.1 Å². The fourth-order valence-corrected chi connectivity index (χ4v) is 4.22. The van der Waals surface area contributed by atoms with E-state index in [1.54, 1.807) is 20.3 Å². The van der Waals surface area contributed by atoms with Crippen LogP contribution in [0, 0.1) is 0 Å². The SMILES string of the molecule is CCC(C)NC(=S)N(CCCN1CCOCC1)Cc1cc2cc(OC)c(OC)cc2[nH]c1=O. The minimum absolute atomic E-state index is 0.126. The number of nitrogens with one attached hydrogen (secondary N) is 2. The number of ether oxygens (including phenoxy) is 3. The topological polar surface area (TPSA) is 79.1 Å². The van der Waals surface area contributed by atoms with Crippen molar-refractivity contribution in [2.75, 3.05) is 53.6 Å². The van der Waals surface area contributed by atoms with Crippen LogP contribution in [0.2, 0.25) is 0 Å². The van der Waals surface area contributed by atoms with Gasteiger partial charge in [-0.25, -0.2) is 0 Å². The maximum absolute atomic E-state index is 12.9. The fourth-order valence-electron chi connectivity index (χ4n) is 3.87. The lowest BCUT2D eigenvalue weighted by atomic mass is 10.1. The van der Waals surface area contributed by atoms with Gasteiger partial charge in [0.25, 0.3) is 5.56 Å². The monoisotopic (exact) mass is 476 g/mol. The number of hydrogen-bond donors (Lipinski definition) is 2. The largest absolute Gasteiger partial charge is 0.493 e. The molecule has 1 aliphatic heterocycles. The zero-order valence-electron chi connectivity index (χ0n) is 20.1. The zero-order valence-corrected chi connectivity index (χ0v) is 20.9. The average molecular weight is 477 g/mol. The number of H-pyrrole nitrogens is 1. The van der Waals surface area contributed by atoms with E-state index in [0.29, 0.717) is 34.2 Å². The number of morpholine rings is 1. The van der Waals surface area contributed by atoms with Crippen LogP contribution in [0.3, 0.4) is 0 Å². The van der Waals surface area contributed by atoms with E-state index in [4.69, 9.17) is 26.4 Å². The third-order valence-electron chi connectivity index (χ3n) is 6.06. The second-order valence-electron chi connectivity index (χ2n) is 8.41. The van der Waals surface area contributed by atoms with Crippen molar-refractivity contribution in [3.05, 3.63) is 34.1 Å². The number of hydrogen-bond acceptors (Lipinski definition) is 6. The summed E-state index contributed by atoms with van der Waals surface area (Å²) in [5.74, 6) is 1.20. The van der Waals surface area contributed by atoms with Crippen LogP contribution in [0.4, 0.5) is 0 Å². The Kier molecular flexibility index (Phi) is 9.34. The van der Waals surface area contributed by atoms with E-state index < -0.39 is 0 Å². The highest BCUT2D eigenvalue weighted by Gasteiger charge is 2.17.